The minimum atomic E-state index is -2.51. The van der Waals surface area contributed by atoms with Crippen LogP contribution in [-0.2, 0) is 23.9 Å². The van der Waals surface area contributed by atoms with Gasteiger partial charge in [-0.1, -0.05) is 0 Å². The van der Waals surface area contributed by atoms with E-state index in [2.05, 4.69) is 4.74 Å². The first-order valence-electron chi connectivity index (χ1n) is 5.59. The first kappa shape index (κ1) is 15.3. The van der Waals surface area contributed by atoms with Crippen LogP contribution in [0.2, 0.25) is 0 Å². The lowest BCUT2D eigenvalue weighted by molar-refractivity contribution is -0.207. The molecule has 7 nitrogen and oxygen atoms in total. The van der Waals surface area contributed by atoms with E-state index < -0.39 is 41.4 Å². The topological polar surface area (TPSA) is 110 Å². The molecule has 1 aliphatic rings. The second kappa shape index (κ2) is 5.10. The summed E-state index contributed by atoms with van der Waals surface area (Å²) in [5.41, 5.74) is -4.93. The van der Waals surface area contributed by atoms with Crippen LogP contribution < -0.4 is 0 Å². The number of carbonyl (C=O) groups is 3. The Hall–Kier alpha value is -1.73. The number of ketones is 2. The van der Waals surface area contributed by atoms with Crippen molar-refractivity contribution in [3.8, 4) is 0 Å². The summed E-state index contributed by atoms with van der Waals surface area (Å²) in [5.74, 6) is -2.33. The molecule has 0 spiro atoms. The molecule has 1 rings (SSSR count). The molecule has 106 valence electrons. The molecule has 0 aliphatic carbocycles. The molecule has 0 amide bonds. The molecule has 0 aromatic heterocycles. The molecular formula is C12H16O7. The number of ether oxygens (including phenoxy) is 2. The van der Waals surface area contributed by atoms with E-state index in [0.29, 0.717) is 0 Å². The van der Waals surface area contributed by atoms with Crippen LogP contribution in [-0.4, -0.2) is 51.7 Å². The van der Waals surface area contributed by atoms with Gasteiger partial charge in [0.2, 0.25) is 5.60 Å². The van der Waals surface area contributed by atoms with E-state index in [-0.39, 0.29) is 0 Å². The standard InChI is InChI=1S/C12H16O7/c1-7(13)11(16)4-5-18-10(6-19-9(3)15)12(11,17)8(2)14/h4-5,10,16-17H,6H2,1-3H3/t10-,11+,12-/m1/s1. The Bertz CT molecular complexity index is 441. The highest BCUT2D eigenvalue weighted by molar-refractivity contribution is 5.99. The first-order chi connectivity index (χ1) is 8.66. The summed E-state index contributed by atoms with van der Waals surface area (Å²) in [7, 11) is 0. The molecular weight excluding hydrogens is 256 g/mol. The normalized spacial score (nSPS) is 33.4. The second-order valence-corrected chi connectivity index (χ2v) is 4.38. The van der Waals surface area contributed by atoms with Gasteiger partial charge >= 0.3 is 5.97 Å². The number of rotatable bonds is 4. The SMILES string of the molecule is CC(=O)OC[C@H]1OC=C[C@](O)(C(C)=O)[C@@]1(O)C(C)=O. The molecule has 0 saturated carbocycles. The fourth-order valence-corrected chi connectivity index (χ4v) is 1.94. The summed E-state index contributed by atoms with van der Waals surface area (Å²) in [5, 5.41) is 20.7. The van der Waals surface area contributed by atoms with E-state index in [1.165, 1.54) is 0 Å². The average molecular weight is 272 g/mol. The molecule has 3 atom stereocenters. The third kappa shape index (κ3) is 2.39. The van der Waals surface area contributed by atoms with Gasteiger partial charge in [0, 0.05) is 6.92 Å². The predicted octanol–water partition coefficient (Wildman–Crippen LogP) is -0.898. The molecule has 0 fully saturated rings. The molecule has 0 unspecified atom stereocenters. The van der Waals surface area contributed by atoms with Crippen LogP contribution in [0, 0.1) is 0 Å². The van der Waals surface area contributed by atoms with Gasteiger partial charge < -0.3 is 19.7 Å². The third-order valence-electron chi connectivity index (χ3n) is 3.11. The highest BCUT2D eigenvalue weighted by Gasteiger charge is 2.62. The third-order valence-corrected chi connectivity index (χ3v) is 3.11. The average Bonchev–Trinajstić information content (AvgIpc) is 2.30. The van der Waals surface area contributed by atoms with E-state index in [1.807, 2.05) is 0 Å². The molecule has 2 N–H and O–H groups in total. The van der Waals surface area contributed by atoms with E-state index in [4.69, 9.17) is 4.74 Å². The fourth-order valence-electron chi connectivity index (χ4n) is 1.94. The van der Waals surface area contributed by atoms with Crippen LogP contribution in [0.25, 0.3) is 0 Å². The van der Waals surface area contributed by atoms with E-state index >= 15 is 0 Å². The van der Waals surface area contributed by atoms with Crippen molar-refractivity contribution in [2.75, 3.05) is 6.61 Å². The van der Waals surface area contributed by atoms with Gasteiger partial charge in [0.05, 0.1) is 6.26 Å². The molecule has 0 aromatic carbocycles. The van der Waals surface area contributed by atoms with Crippen LogP contribution in [0.5, 0.6) is 0 Å². The highest BCUT2D eigenvalue weighted by Crippen LogP contribution is 2.35. The number of hydrogen-bond donors (Lipinski definition) is 2. The summed E-state index contributed by atoms with van der Waals surface area (Å²) in [6, 6.07) is 0. The Morgan fingerprint density at radius 2 is 1.79 bits per heavy atom. The minimum absolute atomic E-state index is 0.467. The van der Waals surface area contributed by atoms with Crippen LogP contribution in [0.4, 0.5) is 0 Å². The van der Waals surface area contributed by atoms with Gasteiger partial charge in [0.25, 0.3) is 0 Å². The van der Waals surface area contributed by atoms with Gasteiger partial charge in [-0.15, -0.1) is 0 Å². The monoisotopic (exact) mass is 272 g/mol. The Morgan fingerprint density at radius 3 is 2.21 bits per heavy atom. The molecule has 0 saturated heterocycles. The van der Waals surface area contributed by atoms with Gasteiger partial charge in [-0.25, -0.2) is 0 Å². The number of hydrogen-bond acceptors (Lipinski definition) is 7. The van der Waals surface area contributed by atoms with Gasteiger partial charge in [0.1, 0.15) is 6.61 Å². The van der Waals surface area contributed by atoms with Crippen molar-refractivity contribution in [3.63, 3.8) is 0 Å². The van der Waals surface area contributed by atoms with Crippen LogP contribution in [0.3, 0.4) is 0 Å². The highest BCUT2D eigenvalue weighted by atomic mass is 16.6. The summed E-state index contributed by atoms with van der Waals surface area (Å²) in [6.07, 6.45) is 0.529. The summed E-state index contributed by atoms with van der Waals surface area (Å²) in [4.78, 5) is 34.0. The van der Waals surface area contributed by atoms with Crippen molar-refractivity contribution in [1.82, 2.24) is 0 Å². The predicted molar refractivity (Wildman–Crippen MR) is 61.9 cm³/mol. The lowest BCUT2D eigenvalue weighted by Gasteiger charge is -2.44. The van der Waals surface area contributed by atoms with Crippen molar-refractivity contribution >= 4 is 17.5 Å². The van der Waals surface area contributed by atoms with Crippen LogP contribution in [0.1, 0.15) is 20.8 Å². The van der Waals surface area contributed by atoms with Crippen molar-refractivity contribution < 1.29 is 34.1 Å². The summed E-state index contributed by atoms with van der Waals surface area (Å²) >= 11 is 0. The van der Waals surface area contributed by atoms with Crippen LogP contribution >= 0.6 is 0 Å². The number of Topliss-reactive ketones (excluding diaryl/α,β-unsaturated/α-hetero) is 2. The van der Waals surface area contributed by atoms with Crippen LogP contribution in [0.15, 0.2) is 12.3 Å². The smallest absolute Gasteiger partial charge is 0.302 e. The molecule has 1 heterocycles. The van der Waals surface area contributed by atoms with Gasteiger partial charge in [0.15, 0.2) is 23.3 Å². The molecule has 0 bridgehead atoms. The van der Waals surface area contributed by atoms with Crippen molar-refractivity contribution in [2.24, 2.45) is 0 Å². The zero-order valence-corrected chi connectivity index (χ0v) is 10.9. The van der Waals surface area contributed by atoms with Crippen molar-refractivity contribution in [3.05, 3.63) is 12.3 Å². The number of aliphatic hydroxyl groups is 2. The molecule has 7 heteroatoms. The zero-order chi connectivity index (χ0) is 14.8. The lowest BCUT2D eigenvalue weighted by atomic mass is 9.72. The Labute approximate surface area is 109 Å². The summed E-state index contributed by atoms with van der Waals surface area (Å²) in [6.45, 7) is 2.72. The lowest BCUT2D eigenvalue weighted by Crippen LogP contribution is -2.70. The molecule has 19 heavy (non-hydrogen) atoms. The maximum Gasteiger partial charge on any atom is 0.302 e. The van der Waals surface area contributed by atoms with E-state index in [0.717, 1.165) is 33.1 Å². The first-order valence-corrected chi connectivity index (χ1v) is 5.59. The Morgan fingerprint density at radius 1 is 1.21 bits per heavy atom. The van der Waals surface area contributed by atoms with Gasteiger partial charge in [-0.05, 0) is 19.9 Å². The molecule has 0 radical (unpaired) electrons. The van der Waals surface area contributed by atoms with E-state index in [1.54, 1.807) is 0 Å². The largest absolute Gasteiger partial charge is 0.491 e. The number of carbonyl (C=O) groups excluding carboxylic acids is 3. The molecule has 0 aromatic rings. The van der Waals surface area contributed by atoms with Crippen molar-refractivity contribution in [2.45, 2.75) is 38.1 Å². The maximum atomic E-state index is 11.7. The fraction of sp³-hybridized carbons (Fsp3) is 0.583. The second-order valence-electron chi connectivity index (χ2n) is 4.38. The van der Waals surface area contributed by atoms with Gasteiger partial charge in [-0.3, -0.25) is 14.4 Å². The Kier molecular flexibility index (Phi) is 4.12. The minimum Gasteiger partial charge on any atom is -0.491 e. The Balaban J connectivity index is 3.20. The van der Waals surface area contributed by atoms with E-state index in [9.17, 15) is 24.6 Å². The van der Waals surface area contributed by atoms with Gasteiger partial charge in [-0.2, -0.15) is 0 Å². The van der Waals surface area contributed by atoms with Crippen molar-refractivity contribution in [1.29, 1.82) is 0 Å². The maximum absolute atomic E-state index is 11.7. The quantitative estimate of drug-likeness (QED) is 0.638. The molecule has 1 aliphatic heterocycles. The zero-order valence-electron chi connectivity index (χ0n) is 10.9. The number of esters is 1. The summed E-state index contributed by atoms with van der Waals surface area (Å²) < 4.78 is 9.68.